The lowest BCUT2D eigenvalue weighted by molar-refractivity contribution is 1.49. The predicted octanol–water partition coefficient (Wildman–Crippen LogP) is 2.34. The second kappa shape index (κ2) is 4.34. The molecule has 0 heterocycles. The van der Waals surface area contributed by atoms with Crippen molar-refractivity contribution in [1.82, 2.24) is 0 Å². The van der Waals surface area contributed by atoms with Crippen LogP contribution in [0.25, 0.3) is 6.08 Å². The van der Waals surface area contributed by atoms with E-state index in [4.69, 9.17) is 5.73 Å². The predicted molar refractivity (Wildman–Crippen MR) is 53.5 cm³/mol. The van der Waals surface area contributed by atoms with Gasteiger partial charge in [0.25, 0.3) is 0 Å². The molecule has 0 aromatic heterocycles. The van der Waals surface area contributed by atoms with Gasteiger partial charge < -0.3 is 5.73 Å². The van der Waals surface area contributed by atoms with Gasteiger partial charge in [-0.1, -0.05) is 30.4 Å². The fraction of sp³-hybridized carbons (Fsp3) is 0.100. The van der Waals surface area contributed by atoms with E-state index >= 15 is 0 Å². The van der Waals surface area contributed by atoms with Gasteiger partial charge in [0.1, 0.15) is 0 Å². The lowest BCUT2D eigenvalue weighted by Crippen LogP contribution is -1.87. The summed E-state index contributed by atoms with van der Waals surface area (Å²) in [4.78, 5) is 4.03. The van der Waals surface area contributed by atoms with Crippen molar-refractivity contribution in [2.75, 3.05) is 0 Å². The van der Waals surface area contributed by atoms with Crippen LogP contribution in [0.1, 0.15) is 12.5 Å². The molecular formula is C10H12N2. The molecule has 2 heteroatoms. The highest BCUT2D eigenvalue weighted by molar-refractivity contribution is 5.68. The number of nitrogens with zero attached hydrogens (tertiary/aromatic N) is 1. The van der Waals surface area contributed by atoms with Crippen molar-refractivity contribution in [1.29, 1.82) is 0 Å². The minimum Gasteiger partial charge on any atom is -0.390 e. The summed E-state index contributed by atoms with van der Waals surface area (Å²) in [5, 5.41) is 0. The summed E-state index contributed by atoms with van der Waals surface area (Å²) in [6, 6.07) is 7.85. The number of nitrogens with two attached hydrogens (primary N) is 1. The van der Waals surface area contributed by atoms with Crippen LogP contribution in [0.2, 0.25) is 0 Å². The van der Waals surface area contributed by atoms with Crippen molar-refractivity contribution in [3.8, 4) is 0 Å². The van der Waals surface area contributed by atoms with Crippen molar-refractivity contribution >= 4 is 18.1 Å². The molecule has 12 heavy (non-hydrogen) atoms. The summed E-state index contributed by atoms with van der Waals surface area (Å²) in [6.07, 6.45) is 5.29. The van der Waals surface area contributed by atoms with Crippen molar-refractivity contribution in [3.05, 3.63) is 35.9 Å². The van der Waals surface area contributed by atoms with E-state index in [9.17, 15) is 0 Å². The van der Waals surface area contributed by atoms with Gasteiger partial charge >= 0.3 is 0 Å². The Bertz CT molecular complexity index is 269. The minimum absolute atomic E-state index is 0.901. The van der Waals surface area contributed by atoms with E-state index in [2.05, 4.69) is 4.99 Å². The lowest BCUT2D eigenvalue weighted by atomic mass is 10.2. The summed E-state index contributed by atoms with van der Waals surface area (Å²) in [7, 11) is 0. The van der Waals surface area contributed by atoms with Gasteiger partial charge in [0.05, 0.1) is 12.0 Å². The Morgan fingerprint density at radius 3 is 2.75 bits per heavy atom. The van der Waals surface area contributed by atoms with E-state index in [1.807, 2.05) is 43.3 Å². The molecule has 0 saturated carbocycles. The molecule has 0 bridgehead atoms. The van der Waals surface area contributed by atoms with Gasteiger partial charge in [0, 0.05) is 0 Å². The Balaban J connectivity index is 3.08. The average molecular weight is 160 g/mol. The molecule has 0 amide bonds. The van der Waals surface area contributed by atoms with Crippen LogP contribution in [-0.2, 0) is 0 Å². The van der Waals surface area contributed by atoms with Gasteiger partial charge in [-0.3, -0.25) is 0 Å². The number of hydrogen-bond donors (Lipinski definition) is 1. The maximum absolute atomic E-state index is 5.21. The highest BCUT2D eigenvalue weighted by Gasteiger charge is 1.92. The normalized spacial score (nSPS) is 11.4. The van der Waals surface area contributed by atoms with Gasteiger partial charge in [-0.2, -0.15) is 0 Å². The van der Waals surface area contributed by atoms with Crippen LogP contribution < -0.4 is 5.73 Å². The molecule has 2 N–H and O–H groups in total. The largest absolute Gasteiger partial charge is 0.390 e. The molecule has 62 valence electrons. The van der Waals surface area contributed by atoms with Crippen LogP contribution in [-0.4, -0.2) is 6.34 Å². The first-order valence-electron chi connectivity index (χ1n) is 3.84. The zero-order valence-electron chi connectivity index (χ0n) is 7.07. The van der Waals surface area contributed by atoms with Crippen molar-refractivity contribution in [2.24, 2.45) is 10.7 Å². The number of para-hydroxylation sites is 1. The van der Waals surface area contributed by atoms with E-state index < -0.39 is 0 Å². The quantitative estimate of drug-likeness (QED) is 0.523. The van der Waals surface area contributed by atoms with E-state index in [0.29, 0.717) is 0 Å². The monoisotopic (exact) mass is 160 g/mol. The Labute approximate surface area is 72.4 Å². The number of benzene rings is 1. The molecule has 0 saturated heterocycles. The SMILES string of the molecule is C/C=C\c1ccccc1N=CN. The first kappa shape index (κ1) is 8.53. The molecule has 0 aliphatic heterocycles. The van der Waals surface area contributed by atoms with Crippen LogP contribution >= 0.6 is 0 Å². The van der Waals surface area contributed by atoms with Crippen LogP contribution in [0.3, 0.4) is 0 Å². The second-order valence-electron chi connectivity index (χ2n) is 2.34. The van der Waals surface area contributed by atoms with Gasteiger partial charge in [-0.05, 0) is 18.6 Å². The summed E-state index contributed by atoms with van der Waals surface area (Å²) in [5.74, 6) is 0. The number of rotatable bonds is 2. The van der Waals surface area contributed by atoms with Crippen LogP contribution in [0.15, 0.2) is 35.3 Å². The Kier molecular flexibility index (Phi) is 3.08. The van der Waals surface area contributed by atoms with Crippen LogP contribution in [0, 0.1) is 0 Å². The molecule has 2 nitrogen and oxygen atoms in total. The lowest BCUT2D eigenvalue weighted by Gasteiger charge is -1.97. The van der Waals surface area contributed by atoms with Crippen molar-refractivity contribution in [2.45, 2.75) is 6.92 Å². The van der Waals surface area contributed by atoms with E-state index in [1.165, 1.54) is 6.34 Å². The van der Waals surface area contributed by atoms with E-state index in [-0.39, 0.29) is 0 Å². The summed E-state index contributed by atoms with van der Waals surface area (Å²) in [6.45, 7) is 1.98. The van der Waals surface area contributed by atoms with Crippen LogP contribution in [0.5, 0.6) is 0 Å². The molecule has 1 aromatic carbocycles. The van der Waals surface area contributed by atoms with E-state index in [0.717, 1.165) is 11.3 Å². The highest BCUT2D eigenvalue weighted by atomic mass is 14.8. The molecule has 0 unspecified atom stereocenters. The maximum Gasteiger partial charge on any atom is 0.0860 e. The Morgan fingerprint density at radius 1 is 1.33 bits per heavy atom. The number of hydrogen-bond acceptors (Lipinski definition) is 1. The first-order valence-corrected chi connectivity index (χ1v) is 3.84. The molecule has 1 rings (SSSR count). The molecule has 1 aromatic rings. The third kappa shape index (κ3) is 1.95. The molecule has 0 atom stereocenters. The molecule has 0 fully saturated rings. The zero-order chi connectivity index (χ0) is 8.81. The van der Waals surface area contributed by atoms with Gasteiger partial charge in [0.2, 0.25) is 0 Å². The zero-order valence-corrected chi connectivity index (χ0v) is 7.07. The third-order valence-corrected chi connectivity index (χ3v) is 1.50. The molecule has 0 aliphatic carbocycles. The third-order valence-electron chi connectivity index (χ3n) is 1.50. The van der Waals surface area contributed by atoms with Crippen molar-refractivity contribution in [3.63, 3.8) is 0 Å². The fourth-order valence-electron chi connectivity index (χ4n) is 1.01. The van der Waals surface area contributed by atoms with E-state index in [1.54, 1.807) is 0 Å². The summed E-state index contributed by atoms with van der Waals surface area (Å²) >= 11 is 0. The van der Waals surface area contributed by atoms with Crippen molar-refractivity contribution < 1.29 is 0 Å². The van der Waals surface area contributed by atoms with Crippen LogP contribution in [0.4, 0.5) is 5.69 Å². The van der Waals surface area contributed by atoms with Gasteiger partial charge in [0.15, 0.2) is 0 Å². The summed E-state index contributed by atoms with van der Waals surface area (Å²) in [5.41, 5.74) is 7.20. The second-order valence-corrected chi connectivity index (χ2v) is 2.34. The Morgan fingerprint density at radius 2 is 2.08 bits per heavy atom. The smallest absolute Gasteiger partial charge is 0.0860 e. The first-order chi connectivity index (χ1) is 5.88. The van der Waals surface area contributed by atoms with Gasteiger partial charge in [-0.25, -0.2) is 4.99 Å². The molecular weight excluding hydrogens is 148 g/mol. The molecule has 0 radical (unpaired) electrons. The summed E-state index contributed by atoms with van der Waals surface area (Å²) < 4.78 is 0. The topological polar surface area (TPSA) is 38.4 Å². The fourth-order valence-corrected chi connectivity index (χ4v) is 1.01. The number of aliphatic imine (C=N–C) groups is 1. The number of allylic oxidation sites excluding steroid dienone is 1. The Hall–Kier alpha value is -1.57. The highest BCUT2D eigenvalue weighted by Crippen LogP contribution is 2.18. The minimum atomic E-state index is 0.901. The standard InChI is InChI=1S/C10H12N2/c1-2-5-9-6-3-4-7-10(9)12-8-11/h2-8H,1H3,(H2,11,12)/b5-2-. The average Bonchev–Trinajstić information content (AvgIpc) is 2.09. The maximum atomic E-state index is 5.21. The molecule has 0 spiro atoms. The van der Waals surface area contributed by atoms with Gasteiger partial charge in [-0.15, -0.1) is 0 Å². The molecule has 0 aliphatic rings.